The van der Waals surface area contributed by atoms with Gasteiger partial charge in [-0.1, -0.05) is 6.92 Å². The predicted molar refractivity (Wildman–Crippen MR) is 144 cm³/mol. The Morgan fingerprint density at radius 3 is 2.84 bits per heavy atom. The fourth-order valence-electron chi connectivity index (χ4n) is 4.49. The summed E-state index contributed by atoms with van der Waals surface area (Å²) in [6.07, 6.45) is 7.88. The standard InChI is InChI=1S/C25H33N11O2/c1-5-19-15-38-9-8-36(19)7-6-26-24(37)17-10-21(16(2)27-11-17)31-22-20-13-28-25(32-23(20)35(4)33-22)30-18-12-29-34(3)14-18/h10-14,19H,5-9,15H2,1-4H3,(H,26,37)(H,31,33)(H,28,30,32)/t19-/m0/s1. The van der Waals surface area contributed by atoms with E-state index >= 15 is 0 Å². The molecule has 1 aliphatic rings. The first-order valence-corrected chi connectivity index (χ1v) is 12.7. The van der Waals surface area contributed by atoms with Gasteiger partial charge in [-0.15, -0.1) is 0 Å². The highest BCUT2D eigenvalue weighted by Crippen LogP contribution is 2.27. The van der Waals surface area contributed by atoms with E-state index in [1.165, 1.54) is 0 Å². The minimum absolute atomic E-state index is 0.165. The van der Waals surface area contributed by atoms with Gasteiger partial charge in [-0.05, 0) is 19.4 Å². The van der Waals surface area contributed by atoms with Crippen molar-refractivity contribution >= 4 is 40.1 Å². The third kappa shape index (κ3) is 5.58. The normalized spacial score (nSPS) is 16.1. The second-order valence-corrected chi connectivity index (χ2v) is 9.34. The summed E-state index contributed by atoms with van der Waals surface area (Å²) in [6.45, 7) is 7.75. The van der Waals surface area contributed by atoms with Gasteiger partial charge < -0.3 is 20.7 Å². The average molecular weight is 520 g/mol. The summed E-state index contributed by atoms with van der Waals surface area (Å²) in [4.78, 5) is 28.7. The van der Waals surface area contributed by atoms with Crippen LogP contribution in [0.15, 0.2) is 30.9 Å². The highest BCUT2D eigenvalue weighted by Gasteiger charge is 2.21. The minimum Gasteiger partial charge on any atom is -0.378 e. The van der Waals surface area contributed by atoms with E-state index in [4.69, 9.17) is 4.74 Å². The molecular weight excluding hydrogens is 486 g/mol. The number of fused-ring (bicyclic) bond motifs is 1. The predicted octanol–water partition coefficient (Wildman–Crippen LogP) is 2.13. The van der Waals surface area contributed by atoms with Gasteiger partial charge in [0.15, 0.2) is 11.5 Å². The molecule has 0 saturated carbocycles. The molecule has 1 fully saturated rings. The van der Waals surface area contributed by atoms with E-state index in [9.17, 15) is 4.79 Å². The van der Waals surface area contributed by atoms with Crippen LogP contribution in [-0.2, 0) is 18.8 Å². The van der Waals surface area contributed by atoms with Crippen molar-refractivity contribution in [3.63, 3.8) is 0 Å². The summed E-state index contributed by atoms with van der Waals surface area (Å²) in [7, 11) is 3.66. The van der Waals surface area contributed by atoms with Gasteiger partial charge in [0, 0.05) is 58.4 Å². The minimum atomic E-state index is -0.165. The van der Waals surface area contributed by atoms with Crippen molar-refractivity contribution in [3.8, 4) is 0 Å². The molecule has 4 aromatic rings. The molecule has 0 aliphatic carbocycles. The lowest BCUT2D eigenvalue weighted by atomic mass is 10.2. The number of aryl methyl sites for hydroxylation is 3. The molecule has 13 heteroatoms. The van der Waals surface area contributed by atoms with Crippen LogP contribution in [0.2, 0.25) is 0 Å². The highest BCUT2D eigenvalue weighted by molar-refractivity contribution is 5.96. The molecule has 3 N–H and O–H groups in total. The first-order valence-electron chi connectivity index (χ1n) is 12.7. The van der Waals surface area contributed by atoms with Crippen LogP contribution in [0.3, 0.4) is 0 Å². The van der Waals surface area contributed by atoms with E-state index in [2.05, 4.69) is 52.9 Å². The lowest BCUT2D eigenvalue weighted by molar-refractivity contribution is -0.00770. The average Bonchev–Trinajstić information content (AvgIpc) is 3.47. The summed E-state index contributed by atoms with van der Waals surface area (Å²) in [5, 5.41) is 19.0. The number of rotatable bonds is 9. The van der Waals surface area contributed by atoms with Crippen molar-refractivity contribution in [2.24, 2.45) is 14.1 Å². The number of carbonyl (C=O) groups excluding carboxylic acids is 1. The van der Waals surface area contributed by atoms with Crippen LogP contribution in [0.1, 0.15) is 29.4 Å². The molecule has 1 saturated heterocycles. The lowest BCUT2D eigenvalue weighted by Crippen LogP contribution is -2.48. The number of amides is 1. The number of hydrogen-bond acceptors (Lipinski definition) is 10. The zero-order chi connectivity index (χ0) is 26.6. The fourth-order valence-corrected chi connectivity index (χ4v) is 4.49. The Bertz CT molecular complexity index is 1430. The summed E-state index contributed by atoms with van der Waals surface area (Å²) in [6, 6.07) is 2.19. The van der Waals surface area contributed by atoms with Crippen molar-refractivity contribution in [3.05, 3.63) is 42.1 Å². The molecule has 5 rings (SSSR count). The molecule has 1 amide bonds. The Balaban J connectivity index is 1.27. The lowest BCUT2D eigenvalue weighted by Gasteiger charge is -2.34. The molecule has 13 nitrogen and oxygen atoms in total. The number of aromatic nitrogens is 7. The molecule has 0 radical (unpaired) electrons. The Morgan fingerprint density at radius 2 is 2.05 bits per heavy atom. The van der Waals surface area contributed by atoms with E-state index < -0.39 is 0 Å². The molecule has 0 aromatic carbocycles. The largest absolute Gasteiger partial charge is 0.378 e. The molecule has 1 aliphatic heterocycles. The number of anilines is 4. The van der Waals surface area contributed by atoms with E-state index in [-0.39, 0.29) is 5.91 Å². The summed E-state index contributed by atoms with van der Waals surface area (Å²) in [5.41, 5.74) is 3.36. The van der Waals surface area contributed by atoms with Crippen LogP contribution in [0.25, 0.3) is 11.0 Å². The smallest absolute Gasteiger partial charge is 0.252 e. The van der Waals surface area contributed by atoms with Crippen molar-refractivity contribution in [2.75, 3.05) is 43.5 Å². The molecule has 0 spiro atoms. The van der Waals surface area contributed by atoms with Gasteiger partial charge in [0.05, 0.1) is 47.4 Å². The summed E-state index contributed by atoms with van der Waals surface area (Å²) < 4.78 is 8.95. The van der Waals surface area contributed by atoms with Crippen LogP contribution >= 0.6 is 0 Å². The van der Waals surface area contributed by atoms with Crippen LogP contribution in [0, 0.1) is 6.92 Å². The maximum Gasteiger partial charge on any atom is 0.252 e. The topological polar surface area (TPSA) is 140 Å². The van der Waals surface area contributed by atoms with Gasteiger partial charge in [-0.3, -0.25) is 19.4 Å². The molecule has 5 heterocycles. The Kier molecular flexibility index (Phi) is 7.47. The third-order valence-electron chi connectivity index (χ3n) is 6.65. The number of hydrogen-bond donors (Lipinski definition) is 3. The SMILES string of the molecule is CC[C@H]1COCCN1CCNC(=O)c1cnc(C)c(Nc2nn(C)c3nc(Nc4cnn(C)c4)ncc23)c1. The molecule has 4 aromatic heterocycles. The number of nitrogens with zero attached hydrogens (tertiary/aromatic N) is 8. The van der Waals surface area contributed by atoms with Gasteiger partial charge in [0.25, 0.3) is 5.91 Å². The van der Waals surface area contributed by atoms with Crippen LogP contribution in [-0.4, -0.2) is 84.2 Å². The van der Waals surface area contributed by atoms with Crippen molar-refractivity contribution in [1.29, 1.82) is 0 Å². The molecular formula is C25H33N11O2. The Morgan fingerprint density at radius 1 is 1.18 bits per heavy atom. The van der Waals surface area contributed by atoms with Gasteiger partial charge in [0.1, 0.15) is 0 Å². The fraction of sp³-hybridized carbons (Fsp3) is 0.440. The zero-order valence-electron chi connectivity index (χ0n) is 22.1. The summed E-state index contributed by atoms with van der Waals surface area (Å²) in [5.74, 6) is 0.858. The molecule has 200 valence electrons. The quantitative estimate of drug-likeness (QED) is 0.301. The number of morpholine rings is 1. The molecule has 0 unspecified atom stereocenters. The second kappa shape index (κ2) is 11.1. The number of pyridine rings is 1. The van der Waals surface area contributed by atoms with E-state index in [0.29, 0.717) is 41.3 Å². The first-order chi connectivity index (χ1) is 18.4. The van der Waals surface area contributed by atoms with E-state index in [1.807, 2.05) is 27.2 Å². The Labute approximate surface area is 220 Å². The monoisotopic (exact) mass is 519 g/mol. The van der Waals surface area contributed by atoms with Gasteiger partial charge >= 0.3 is 0 Å². The number of nitrogens with one attached hydrogen (secondary N) is 3. The van der Waals surface area contributed by atoms with Crippen LogP contribution < -0.4 is 16.0 Å². The van der Waals surface area contributed by atoms with Crippen LogP contribution in [0.4, 0.5) is 23.1 Å². The van der Waals surface area contributed by atoms with Crippen LogP contribution in [0.5, 0.6) is 0 Å². The van der Waals surface area contributed by atoms with Crippen molar-refractivity contribution < 1.29 is 9.53 Å². The molecule has 1 atom stereocenters. The zero-order valence-corrected chi connectivity index (χ0v) is 22.1. The third-order valence-corrected chi connectivity index (χ3v) is 6.65. The number of ether oxygens (including phenoxy) is 1. The van der Waals surface area contributed by atoms with Gasteiger partial charge in [0.2, 0.25) is 5.95 Å². The molecule has 0 bridgehead atoms. The maximum atomic E-state index is 12.9. The maximum absolute atomic E-state index is 12.9. The van der Waals surface area contributed by atoms with Gasteiger partial charge in [-0.25, -0.2) is 9.67 Å². The van der Waals surface area contributed by atoms with E-state index in [0.717, 1.165) is 49.5 Å². The van der Waals surface area contributed by atoms with Crippen molar-refractivity contribution in [2.45, 2.75) is 26.3 Å². The highest BCUT2D eigenvalue weighted by atomic mass is 16.5. The number of carbonyl (C=O) groups is 1. The first kappa shape index (κ1) is 25.5. The van der Waals surface area contributed by atoms with E-state index in [1.54, 1.807) is 34.0 Å². The second-order valence-electron chi connectivity index (χ2n) is 9.34. The van der Waals surface area contributed by atoms with Crippen molar-refractivity contribution in [1.82, 2.24) is 44.7 Å². The summed E-state index contributed by atoms with van der Waals surface area (Å²) >= 11 is 0. The molecule has 38 heavy (non-hydrogen) atoms. The van der Waals surface area contributed by atoms with Gasteiger partial charge in [-0.2, -0.15) is 15.2 Å². The Hall–Kier alpha value is -4.10.